The summed E-state index contributed by atoms with van der Waals surface area (Å²) >= 11 is 0. The number of hydrogen-bond acceptors (Lipinski definition) is 4. The fourth-order valence-corrected chi connectivity index (χ4v) is 7.52. The van der Waals surface area contributed by atoms with Gasteiger partial charge in [0.05, 0.1) is 18.3 Å². The second-order valence-corrected chi connectivity index (χ2v) is 11.5. The number of alkyl halides is 2. The lowest BCUT2D eigenvalue weighted by Crippen LogP contribution is -2.39. The van der Waals surface area contributed by atoms with Crippen LogP contribution in [0, 0.1) is 23.2 Å². The smallest absolute Gasteiger partial charge is 0.261 e. The summed E-state index contributed by atoms with van der Waals surface area (Å²) in [5.74, 6) is 1.80. The van der Waals surface area contributed by atoms with Crippen LogP contribution in [0.25, 0.3) is 0 Å². The lowest BCUT2D eigenvalue weighted by Gasteiger charge is -2.45. The van der Waals surface area contributed by atoms with Crippen molar-refractivity contribution in [1.29, 1.82) is 0 Å². The molecule has 0 radical (unpaired) electrons. The van der Waals surface area contributed by atoms with Crippen LogP contribution in [0.3, 0.4) is 0 Å². The average Bonchev–Trinajstić information content (AvgIpc) is 3.37. The summed E-state index contributed by atoms with van der Waals surface area (Å²) in [5.41, 5.74) is 3.53. The third-order valence-corrected chi connectivity index (χ3v) is 9.22. The number of nitrogens with zero attached hydrogens (tertiary/aromatic N) is 1. The van der Waals surface area contributed by atoms with Crippen LogP contribution in [-0.4, -0.2) is 66.1 Å². The van der Waals surface area contributed by atoms with Gasteiger partial charge in [-0.3, -0.25) is 0 Å². The van der Waals surface area contributed by atoms with Crippen LogP contribution < -0.4 is 0 Å². The molecule has 0 spiro atoms. The molecule has 0 amide bonds. The lowest BCUT2D eigenvalue weighted by atomic mass is 9.61. The van der Waals surface area contributed by atoms with Gasteiger partial charge in [0.15, 0.2) is 0 Å². The van der Waals surface area contributed by atoms with Gasteiger partial charge in [0, 0.05) is 26.1 Å². The Morgan fingerprint density at radius 1 is 1.24 bits per heavy atom. The molecule has 4 fully saturated rings. The number of aliphatic hydroxyl groups is 2. The Bertz CT molecular complexity index is 797. The first-order valence-electron chi connectivity index (χ1n) is 13.2. The van der Waals surface area contributed by atoms with Crippen LogP contribution >= 0.6 is 0 Å². The van der Waals surface area contributed by atoms with Crippen LogP contribution in [-0.2, 0) is 4.74 Å². The number of ether oxygens (including phenoxy) is 1. The zero-order valence-corrected chi connectivity index (χ0v) is 20.9. The molecular weight excluding hydrogens is 436 g/mol. The monoisotopic (exact) mass is 479 g/mol. The Balaban J connectivity index is 1.39. The van der Waals surface area contributed by atoms with Crippen LogP contribution in [0.2, 0.25) is 0 Å². The van der Waals surface area contributed by atoms with Crippen molar-refractivity contribution in [3.63, 3.8) is 0 Å². The quantitative estimate of drug-likeness (QED) is 0.532. The zero-order valence-electron chi connectivity index (χ0n) is 20.9. The number of halogens is 2. The minimum absolute atomic E-state index is 0.0584. The maximum atomic E-state index is 12.5. The molecule has 7 atom stereocenters. The molecule has 4 nitrogen and oxygen atoms in total. The van der Waals surface area contributed by atoms with E-state index in [-0.39, 0.29) is 11.5 Å². The molecule has 0 aromatic carbocycles. The van der Waals surface area contributed by atoms with Gasteiger partial charge < -0.3 is 19.8 Å². The number of hydrogen-bond donors (Lipinski definition) is 2. The standard InChI is InChI=1S/C28H43F2NO3/c1-18(15-31-12-10-23(16-31)34-17-27(29)30)24-8-9-25-20(5-4-11-28(24,25)3)6-7-21-13-22(32)14-26(33)19(21)2/h6-7,18,22-27,32-33H,2,4-5,8-17H2,1,3H3/b20-6+,21-7-/t18-,22-,23-,24-,25+,26+,28-/m1/s1. The summed E-state index contributed by atoms with van der Waals surface area (Å²) in [7, 11) is 0. The molecular formula is C28H43F2NO3. The molecule has 1 saturated heterocycles. The maximum Gasteiger partial charge on any atom is 0.261 e. The summed E-state index contributed by atoms with van der Waals surface area (Å²) in [6, 6.07) is 0. The van der Waals surface area contributed by atoms with Gasteiger partial charge in [-0.2, -0.15) is 0 Å². The molecule has 0 bridgehead atoms. The van der Waals surface area contributed by atoms with Crippen molar-refractivity contribution in [3.05, 3.63) is 35.5 Å². The molecule has 192 valence electrons. The van der Waals surface area contributed by atoms with E-state index >= 15 is 0 Å². The van der Waals surface area contributed by atoms with Crippen LogP contribution in [0.1, 0.15) is 65.2 Å². The second kappa shape index (κ2) is 10.9. The molecule has 1 heterocycles. The predicted molar refractivity (Wildman–Crippen MR) is 131 cm³/mol. The number of likely N-dealkylation sites (tertiary alicyclic amines) is 1. The highest BCUT2D eigenvalue weighted by molar-refractivity contribution is 5.38. The highest BCUT2D eigenvalue weighted by atomic mass is 19.3. The normalized spacial score (nSPS) is 40.4. The third-order valence-electron chi connectivity index (χ3n) is 9.22. The molecule has 0 aromatic heterocycles. The Hall–Kier alpha value is -1.08. The largest absolute Gasteiger partial charge is 0.393 e. The van der Waals surface area contributed by atoms with Crippen LogP contribution in [0.15, 0.2) is 35.5 Å². The number of aliphatic hydroxyl groups excluding tert-OH is 2. The van der Waals surface area contributed by atoms with Crippen molar-refractivity contribution in [3.8, 4) is 0 Å². The summed E-state index contributed by atoms with van der Waals surface area (Å²) < 4.78 is 30.3. The second-order valence-electron chi connectivity index (χ2n) is 11.5. The van der Waals surface area contributed by atoms with Crippen LogP contribution in [0.4, 0.5) is 8.78 Å². The molecule has 0 aromatic rings. The van der Waals surface area contributed by atoms with Gasteiger partial charge in [0.1, 0.15) is 6.61 Å². The van der Waals surface area contributed by atoms with E-state index in [1.807, 2.05) is 0 Å². The summed E-state index contributed by atoms with van der Waals surface area (Å²) in [5, 5.41) is 20.2. The molecule has 34 heavy (non-hydrogen) atoms. The van der Waals surface area contributed by atoms with E-state index < -0.39 is 25.2 Å². The molecule has 1 aliphatic heterocycles. The van der Waals surface area contributed by atoms with Gasteiger partial charge in [-0.25, -0.2) is 8.78 Å². The average molecular weight is 480 g/mol. The predicted octanol–water partition coefficient (Wildman–Crippen LogP) is 5.12. The third kappa shape index (κ3) is 5.66. The number of allylic oxidation sites excluding steroid dienone is 3. The van der Waals surface area contributed by atoms with Crippen molar-refractivity contribution >= 4 is 0 Å². The van der Waals surface area contributed by atoms with Gasteiger partial charge in [0.2, 0.25) is 0 Å². The van der Waals surface area contributed by atoms with Crippen molar-refractivity contribution < 1.29 is 23.7 Å². The topological polar surface area (TPSA) is 52.9 Å². The SMILES string of the molecule is C=C1/C(=C\C=C2/CCC[C@]3(C)[C@@H]([C@H](C)CN4CC[C@@H](OCC(F)F)C4)CC[C@@H]23)C[C@@H](O)C[C@@H]1O. The molecule has 4 rings (SSSR count). The number of fused-ring (bicyclic) bond motifs is 1. The van der Waals surface area contributed by atoms with Crippen molar-refractivity contribution in [2.75, 3.05) is 26.2 Å². The van der Waals surface area contributed by atoms with E-state index in [0.717, 1.165) is 43.6 Å². The van der Waals surface area contributed by atoms with Gasteiger partial charge >= 0.3 is 0 Å². The van der Waals surface area contributed by atoms with Gasteiger partial charge in [0.25, 0.3) is 6.43 Å². The molecule has 3 saturated carbocycles. The Morgan fingerprint density at radius 2 is 2.03 bits per heavy atom. The molecule has 2 N–H and O–H groups in total. The van der Waals surface area contributed by atoms with Gasteiger partial charge in [-0.15, -0.1) is 0 Å². The first-order chi connectivity index (χ1) is 16.2. The molecule has 0 unspecified atom stereocenters. The first kappa shape index (κ1) is 26.0. The van der Waals surface area contributed by atoms with Crippen molar-refractivity contribution in [1.82, 2.24) is 4.90 Å². The van der Waals surface area contributed by atoms with Gasteiger partial charge in [-0.1, -0.05) is 38.2 Å². The van der Waals surface area contributed by atoms with Crippen LogP contribution in [0.5, 0.6) is 0 Å². The summed E-state index contributed by atoms with van der Waals surface area (Å²) in [6.45, 7) is 11.2. The van der Waals surface area contributed by atoms with E-state index in [2.05, 4.69) is 37.5 Å². The summed E-state index contributed by atoms with van der Waals surface area (Å²) in [6.07, 6.45) is 8.61. The highest BCUT2D eigenvalue weighted by Crippen LogP contribution is 2.59. The molecule has 6 heteroatoms. The van der Waals surface area contributed by atoms with Gasteiger partial charge in [-0.05, 0) is 79.3 Å². The van der Waals surface area contributed by atoms with Crippen molar-refractivity contribution in [2.24, 2.45) is 23.2 Å². The Kier molecular flexibility index (Phi) is 8.33. The molecule has 4 aliphatic rings. The lowest BCUT2D eigenvalue weighted by molar-refractivity contribution is -0.0207. The molecule has 3 aliphatic carbocycles. The first-order valence-corrected chi connectivity index (χ1v) is 13.2. The Labute approximate surface area is 203 Å². The van der Waals surface area contributed by atoms with E-state index in [9.17, 15) is 19.0 Å². The minimum Gasteiger partial charge on any atom is -0.393 e. The Morgan fingerprint density at radius 3 is 2.79 bits per heavy atom. The van der Waals surface area contributed by atoms with E-state index in [0.29, 0.717) is 30.6 Å². The van der Waals surface area contributed by atoms with E-state index in [1.54, 1.807) is 0 Å². The number of rotatable bonds is 7. The van der Waals surface area contributed by atoms with E-state index in [1.165, 1.54) is 31.3 Å². The fourth-order valence-electron chi connectivity index (χ4n) is 7.52. The summed E-state index contributed by atoms with van der Waals surface area (Å²) in [4.78, 5) is 2.41. The van der Waals surface area contributed by atoms with E-state index in [4.69, 9.17) is 4.74 Å². The maximum absolute atomic E-state index is 12.5. The fraction of sp³-hybridized carbons (Fsp3) is 0.786. The zero-order chi connectivity index (χ0) is 24.5. The van der Waals surface area contributed by atoms with Crippen molar-refractivity contribution in [2.45, 2.75) is 90.0 Å². The minimum atomic E-state index is -2.39. The highest BCUT2D eigenvalue weighted by Gasteiger charge is 2.50.